The van der Waals surface area contributed by atoms with E-state index in [-0.39, 0.29) is 28.3 Å². The lowest BCUT2D eigenvalue weighted by molar-refractivity contribution is -0.137. The van der Waals surface area contributed by atoms with Gasteiger partial charge in [-0.05, 0) is 25.0 Å². The summed E-state index contributed by atoms with van der Waals surface area (Å²) >= 11 is 0. The molecule has 3 heterocycles. The lowest BCUT2D eigenvalue weighted by atomic mass is 9.85. The third kappa shape index (κ3) is 2.67. The van der Waals surface area contributed by atoms with Crippen molar-refractivity contribution in [2.24, 2.45) is 0 Å². The monoisotopic (exact) mass is 386 g/mol. The Morgan fingerprint density at radius 2 is 1.96 bits per heavy atom. The summed E-state index contributed by atoms with van der Waals surface area (Å²) in [6.45, 7) is 0.629. The van der Waals surface area contributed by atoms with Gasteiger partial charge in [0.05, 0.1) is 31.3 Å². The van der Waals surface area contributed by atoms with Crippen molar-refractivity contribution in [2.45, 2.75) is 24.8 Å². The number of benzene rings is 1. The number of fused-ring (bicyclic) bond motifs is 1. The molecule has 3 aliphatic heterocycles. The number of amides is 1. The molecule has 0 aliphatic carbocycles. The molecule has 28 heavy (non-hydrogen) atoms. The van der Waals surface area contributed by atoms with Gasteiger partial charge in [-0.1, -0.05) is 6.08 Å². The number of halogens is 1. The minimum Gasteiger partial charge on any atom is -0.466 e. The Labute approximate surface area is 160 Å². The number of nitrogens with one attached hydrogen (secondary N) is 1. The third-order valence-electron chi connectivity index (χ3n) is 5.42. The summed E-state index contributed by atoms with van der Waals surface area (Å²) in [5, 5.41) is 2.68. The van der Waals surface area contributed by atoms with Gasteiger partial charge in [-0.3, -0.25) is 4.79 Å². The summed E-state index contributed by atoms with van der Waals surface area (Å²) in [6.07, 6.45) is 4.82. The summed E-state index contributed by atoms with van der Waals surface area (Å²) in [4.78, 5) is 39.7. The van der Waals surface area contributed by atoms with E-state index in [9.17, 15) is 18.8 Å². The minimum atomic E-state index is -1.07. The Balaban J connectivity index is 2.05. The predicted octanol–water partition coefficient (Wildman–Crippen LogP) is 1.95. The van der Waals surface area contributed by atoms with Crippen LogP contribution in [0.5, 0.6) is 0 Å². The van der Waals surface area contributed by atoms with Crippen LogP contribution in [0.1, 0.15) is 29.9 Å². The molecule has 1 N–H and O–H groups in total. The average molecular weight is 386 g/mol. The van der Waals surface area contributed by atoms with Crippen molar-refractivity contribution in [3.05, 3.63) is 46.9 Å². The minimum absolute atomic E-state index is 0.0183. The zero-order valence-corrected chi connectivity index (χ0v) is 15.5. The van der Waals surface area contributed by atoms with Crippen molar-refractivity contribution in [3.8, 4) is 0 Å². The van der Waals surface area contributed by atoms with Crippen molar-refractivity contribution in [3.63, 3.8) is 0 Å². The van der Waals surface area contributed by atoms with Crippen LogP contribution >= 0.6 is 0 Å². The second kappa shape index (κ2) is 6.78. The van der Waals surface area contributed by atoms with E-state index in [1.54, 1.807) is 12.3 Å². The molecule has 2 atom stereocenters. The molecule has 4 rings (SSSR count). The number of nitrogens with zero attached hydrogens (tertiary/aromatic N) is 1. The lowest BCUT2D eigenvalue weighted by Gasteiger charge is -2.21. The molecular formula is C20H19FN2O5. The van der Waals surface area contributed by atoms with Crippen LogP contribution in [0.25, 0.3) is 5.57 Å². The first-order chi connectivity index (χ1) is 13.5. The number of rotatable bonds is 2. The number of anilines is 1. The number of hydrogen-bond donors (Lipinski definition) is 1. The second-order valence-corrected chi connectivity index (χ2v) is 6.90. The fourth-order valence-corrected chi connectivity index (χ4v) is 4.16. The van der Waals surface area contributed by atoms with E-state index < -0.39 is 29.6 Å². The topological polar surface area (TPSA) is 84.9 Å². The number of carbonyl (C=O) groups is 3. The lowest BCUT2D eigenvalue weighted by Crippen LogP contribution is -2.26. The summed E-state index contributed by atoms with van der Waals surface area (Å²) in [7, 11) is 2.46. The summed E-state index contributed by atoms with van der Waals surface area (Å²) in [5.74, 6) is -3.57. The Morgan fingerprint density at radius 3 is 2.68 bits per heavy atom. The molecular weight excluding hydrogens is 367 g/mol. The van der Waals surface area contributed by atoms with Gasteiger partial charge in [0.2, 0.25) is 5.91 Å². The highest BCUT2D eigenvalue weighted by molar-refractivity contribution is 6.20. The van der Waals surface area contributed by atoms with Crippen LogP contribution in [-0.2, 0) is 23.9 Å². The molecule has 1 amide bonds. The van der Waals surface area contributed by atoms with Gasteiger partial charge in [0.1, 0.15) is 5.82 Å². The highest BCUT2D eigenvalue weighted by Crippen LogP contribution is 2.45. The molecule has 7 nitrogen and oxygen atoms in total. The maximum absolute atomic E-state index is 15.0. The van der Waals surface area contributed by atoms with Crippen molar-refractivity contribution < 1.29 is 28.2 Å². The Kier molecular flexibility index (Phi) is 4.41. The van der Waals surface area contributed by atoms with E-state index in [0.29, 0.717) is 12.2 Å². The molecule has 146 valence electrons. The molecule has 1 fully saturated rings. The average Bonchev–Trinajstić information content (AvgIpc) is 3.27. The van der Waals surface area contributed by atoms with Gasteiger partial charge in [0, 0.05) is 35.6 Å². The normalized spacial score (nSPS) is 26.4. The first-order valence-corrected chi connectivity index (χ1v) is 8.95. The molecule has 0 bridgehead atoms. The zero-order chi connectivity index (χ0) is 20.0. The maximum atomic E-state index is 15.0. The van der Waals surface area contributed by atoms with Crippen LogP contribution in [0.4, 0.5) is 10.1 Å². The van der Waals surface area contributed by atoms with Crippen LogP contribution < -0.4 is 5.32 Å². The van der Waals surface area contributed by atoms with Crippen molar-refractivity contribution in [1.82, 2.24) is 4.90 Å². The largest absolute Gasteiger partial charge is 0.466 e. The fourth-order valence-electron chi connectivity index (χ4n) is 4.16. The van der Waals surface area contributed by atoms with Gasteiger partial charge in [-0.25, -0.2) is 14.0 Å². The van der Waals surface area contributed by atoms with E-state index in [2.05, 4.69) is 5.32 Å². The van der Waals surface area contributed by atoms with Gasteiger partial charge in [0.25, 0.3) is 0 Å². The van der Waals surface area contributed by atoms with Crippen LogP contribution in [0.15, 0.2) is 30.0 Å². The van der Waals surface area contributed by atoms with Gasteiger partial charge < -0.3 is 19.7 Å². The van der Waals surface area contributed by atoms with Crippen LogP contribution in [0, 0.1) is 5.82 Å². The fraction of sp³-hybridized carbons (Fsp3) is 0.350. The smallest absolute Gasteiger partial charge is 0.340 e. The quantitative estimate of drug-likeness (QED) is 0.782. The van der Waals surface area contributed by atoms with Crippen LogP contribution in [0.2, 0.25) is 0 Å². The first kappa shape index (κ1) is 18.2. The molecule has 1 saturated heterocycles. The zero-order valence-electron chi connectivity index (χ0n) is 15.5. The predicted molar refractivity (Wildman–Crippen MR) is 97.6 cm³/mol. The van der Waals surface area contributed by atoms with E-state index in [4.69, 9.17) is 9.47 Å². The van der Waals surface area contributed by atoms with Crippen molar-refractivity contribution in [1.29, 1.82) is 0 Å². The van der Waals surface area contributed by atoms with E-state index in [1.807, 2.05) is 4.90 Å². The molecule has 3 aliphatic rings. The van der Waals surface area contributed by atoms with Gasteiger partial charge in [-0.2, -0.15) is 0 Å². The SMILES string of the molecule is COC(=O)/C1=C/N2CCC[C@@H]2/C=C(/C(=O)OC)[C@H]2C(=O)Nc3ccc(F)c1c32. The Hall–Kier alpha value is -3.16. The number of hydrogen-bond acceptors (Lipinski definition) is 6. The second-order valence-electron chi connectivity index (χ2n) is 6.90. The molecule has 0 aromatic heterocycles. The Bertz CT molecular complexity index is 952. The van der Waals surface area contributed by atoms with Gasteiger partial charge >= 0.3 is 11.9 Å². The van der Waals surface area contributed by atoms with Crippen LogP contribution in [-0.4, -0.2) is 49.6 Å². The van der Waals surface area contributed by atoms with E-state index in [1.165, 1.54) is 26.4 Å². The molecule has 8 heteroatoms. The molecule has 0 radical (unpaired) electrons. The molecule has 1 aromatic carbocycles. The number of ether oxygens (including phenoxy) is 2. The highest BCUT2D eigenvalue weighted by atomic mass is 19.1. The van der Waals surface area contributed by atoms with E-state index in [0.717, 1.165) is 12.8 Å². The maximum Gasteiger partial charge on any atom is 0.340 e. The van der Waals surface area contributed by atoms with Crippen molar-refractivity contribution in [2.75, 3.05) is 26.1 Å². The molecule has 0 saturated carbocycles. The van der Waals surface area contributed by atoms with Crippen LogP contribution in [0.3, 0.4) is 0 Å². The summed E-state index contributed by atoms with van der Waals surface area (Å²) in [5.41, 5.74) is 0.736. The highest BCUT2D eigenvalue weighted by Gasteiger charge is 2.43. The molecule has 0 unspecified atom stereocenters. The van der Waals surface area contributed by atoms with E-state index >= 15 is 0 Å². The Morgan fingerprint density at radius 1 is 1.21 bits per heavy atom. The van der Waals surface area contributed by atoms with Gasteiger partial charge in [-0.15, -0.1) is 0 Å². The molecule has 1 aromatic rings. The number of carbonyl (C=O) groups excluding carboxylic acids is 3. The number of methoxy groups -OCH3 is 2. The number of esters is 2. The first-order valence-electron chi connectivity index (χ1n) is 8.95. The molecule has 0 spiro atoms. The third-order valence-corrected chi connectivity index (χ3v) is 5.42. The summed E-state index contributed by atoms with van der Waals surface area (Å²) in [6, 6.07) is 2.39. The van der Waals surface area contributed by atoms with Gasteiger partial charge in [0.15, 0.2) is 0 Å². The summed E-state index contributed by atoms with van der Waals surface area (Å²) < 4.78 is 24.8. The van der Waals surface area contributed by atoms with Crippen molar-refractivity contribution >= 4 is 29.1 Å². The standard InChI is InChI=1S/C20H19FN2O5/c1-27-19(25)11-8-10-4-3-7-23(10)9-12(20(26)28-2)15-13(21)5-6-14-17(15)16(11)18(24)22-14/h5-6,8-10,16H,3-4,7H2,1-2H3,(H,22,24)/b11-8+,12-9+/t10-,16-/m1/s1.